The summed E-state index contributed by atoms with van der Waals surface area (Å²) < 4.78 is 10.9. The number of aromatic nitrogens is 2. The highest BCUT2D eigenvalue weighted by molar-refractivity contribution is 5.09. The maximum atomic E-state index is 5.54. The lowest BCUT2D eigenvalue weighted by molar-refractivity contribution is -0.0858. The molecule has 0 amide bonds. The van der Waals surface area contributed by atoms with Crippen LogP contribution in [0.1, 0.15) is 51.7 Å². The van der Waals surface area contributed by atoms with Crippen molar-refractivity contribution >= 4 is 0 Å². The van der Waals surface area contributed by atoms with Gasteiger partial charge in [-0.3, -0.25) is 0 Å². The molecule has 1 aliphatic rings. The lowest BCUT2D eigenvalue weighted by Gasteiger charge is -2.37. The summed E-state index contributed by atoms with van der Waals surface area (Å²) in [7, 11) is 1.71. The van der Waals surface area contributed by atoms with E-state index in [-0.39, 0.29) is 11.1 Å². The molecule has 17 heavy (non-hydrogen) atoms. The van der Waals surface area contributed by atoms with Gasteiger partial charge in [0, 0.05) is 7.11 Å². The highest BCUT2D eigenvalue weighted by atomic mass is 16.5. The van der Waals surface area contributed by atoms with Gasteiger partial charge in [-0.15, -0.1) is 0 Å². The molecule has 0 unspecified atom stereocenters. The van der Waals surface area contributed by atoms with Crippen LogP contribution in [-0.4, -0.2) is 23.8 Å². The Morgan fingerprint density at radius 2 is 2.18 bits per heavy atom. The van der Waals surface area contributed by atoms with Crippen LogP contribution in [0.2, 0.25) is 0 Å². The van der Waals surface area contributed by atoms with E-state index in [1.807, 2.05) is 13.8 Å². The number of nitrogens with zero attached hydrogens (tertiary/aromatic N) is 2. The van der Waals surface area contributed by atoms with Gasteiger partial charge in [-0.1, -0.05) is 12.1 Å². The van der Waals surface area contributed by atoms with Crippen molar-refractivity contribution < 1.29 is 9.26 Å². The molecule has 0 spiro atoms. The standard InChI is InChI=1S/C12H21N3O2/c1-5-13-11(2,3)10-14-9(15-17-10)12(16-4)7-6-8-12/h13H,5-8H2,1-4H3. The van der Waals surface area contributed by atoms with Crippen molar-refractivity contribution in [3.05, 3.63) is 11.7 Å². The van der Waals surface area contributed by atoms with Crippen LogP contribution in [0.3, 0.4) is 0 Å². The Bertz CT molecular complexity index is 377. The van der Waals surface area contributed by atoms with Gasteiger partial charge >= 0.3 is 0 Å². The number of rotatable bonds is 5. The molecule has 0 bridgehead atoms. The summed E-state index contributed by atoms with van der Waals surface area (Å²) in [5, 5.41) is 7.40. The van der Waals surface area contributed by atoms with Crippen molar-refractivity contribution in [1.82, 2.24) is 15.5 Å². The molecular formula is C12H21N3O2. The van der Waals surface area contributed by atoms with Crippen LogP contribution in [0.25, 0.3) is 0 Å². The Hall–Kier alpha value is -0.940. The molecule has 96 valence electrons. The molecule has 1 fully saturated rings. The molecule has 0 saturated heterocycles. The van der Waals surface area contributed by atoms with E-state index in [2.05, 4.69) is 22.4 Å². The van der Waals surface area contributed by atoms with Gasteiger partial charge in [-0.2, -0.15) is 4.98 Å². The molecule has 0 aliphatic heterocycles. The Balaban J connectivity index is 2.21. The van der Waals surface area contributed by atoms with Gasteiger partial charge in [-0.05, 0) is 39.7 Å². The minimum atomic E-state index is -0.302. The largest absolute Gasteiger partial charge is 0.370 e. The number of methoxy groups -OCH3 is 1. The fourth-order valence-corrected chi connectivity index (χ4v) is 2.20. The third-order valence-electron chi connectivity index (χ3n) is 3.54. The van der Waals surface area contributed by atoms with Crippen LogP contribution in [0.15, 0.2) is 4.52 Å². The van der Waals surface area contributed by atoms with Crippen molar-refractivity contribution in [3.8, 4) is 0 Å². The summed E-state index contributed by atoms with van der Waals surface area (Å²) >= 11 is 0. The van der Waals surface area contributed by atoms with Crippen LogP contribution in [0.4, 0.5) is 0 Å². The Morgan fingerprint density at radius 1 is 1.47 bits per heavy atom. The van der Waals surface area contributed by atoms with Crippen molar-refractivity contribution in [1.29, 1.82) is 0 Å². The van der Waals surface area contributed by atoms with E-state index in [4.69, 9.17) is 9.26 Å². The molecule has 0 atom stereocenters. The van der Waals surface area contributed by atoms with E-state index < -0.39 is 0 Å². The molecule has 0 radical (unpaired) electrons. The van der Waals surface area contributed by atoms with Gasteiger partial charge in [-0.25, -0.2) is 0 Å². The number of hydrogen-bond donors (Lipinski definition) is 1. The van der Waals surface area contributed by atoms with Crippen LogP contribution < -0.4 is 5.32 Å². The molecule has 2 rings (SSSR count). The van der Waals surface area contributed by atoms with Crippen LogP contribution in [-0.2, 0) is 15.9 Å². The summed E-state index contributed by atoms with van der Waals surface area (Å²) in [6, 6.07) is 0. The third kappa shape index (κ3) is 2.09. The third-order valence-corrected chi connectivity index (χ3v) is 3.54. The first-order valence-electron chi connectivity index (χ1n) is 6.19. The second-order valence-corrected chi connectivity index (χ2v) is 5.13. The summed E-state index contributed by atoms with van der Waals surface area (Å²) in [6.45, 7) is 6.99. The van der Waals surface area contributed by atoms with Crippen molar-refractivity contribution in [3.63, 3.8) is 0 Å². The smallest absolute Gasteiger partial charge is 0.246 e. The van der Waals surface area contributed by atoms with Gasteiger partial charge < -0.3 is 14.6 Å². The monoisotopic (exact) mass is 239 g/mol. The molecule has 5 nitrogen and oxygen atoms in total. The van der Waals surface area contributed by atoms with E-state index >= 15 is 0 Å². The Kier molecular flexibility index (Phi) is 3.23. The minimum Gasteiger partial charge on any atom is -0.370 e. The molecule has 1 aromatic rings. The normalized spacial score (nSPS) is 19.1. The second kappa shape index (κ2) is 4.38. The van der Waals surface area contributed by atoms with E-state index in [1.54, 1.807) is 7.11 Å². The summed E-state index contributed by atoms with van der Waals surface area (Å²) in [5.41, 5.74) is -0.595. The first-order valence-corrected chi connectivity index (χ1v) is 6.19. The van der Waals surface area contributed by atoms with Gasteiger partial charge in [0.2, 0.25) is 11.7 Å². The zero-order chi connectivity index (χ0) is 12.5. The highest BCUT2D eigenvalue weighted by Crippen LogP contribution is 2.43. The second-order valence-electron chi connectivity index (χ2n) is 5.13. The fourth-order valence-electron chi connectivity index (χ4n) is 2.20. The molecule has 1 N–H and O–H groups in total. The summed E-state index contributed by atoms with van der Waals surface area (Å²) in [6.07, 6.45) is 3.11. The predicted molar refractivity (Wildman–Crippen MR) is 63.5 cm³/mol. The van der Waals surface area contributed by atoms with Crippen LogP contribution >= 0.6 is 0 Å². The molecule has 1 heterocycles. The van der Waals surface area contributed by atoms with Crippen molar-refractivity contribution in [2.75, 3.05) is 13.7 Å². The summed E-state index contributed by atoms with van der Waals surface area (Å²) in [4.78, 5) is 4.50. The van der Waals surface area contributed by atoms with Crippen LogP contribution in [0.5, 0.6) is 0 Å². The first kappa shape index (κ1) is 12.5. The fraction of sp³-hybridized carbons (Fsp3) is 0.833. The predicted octanol–water partition coefficient (Wildman–Crippen LogP) is 1.94. The zero-order valence-corrected chi connectivity index (χ0v) is 11.0. The van der Waals surface area contributed by atoms with Gasteiger partial charge in [0.25, 0.3) is 0 Å². The zero-order valence-electron chi connectivity index (χ0n) is 11.0. The lowest BCUT2D eigenvalue weighted by atomic mass is 9.79. The Labute approximate surface area is 102 Å². The van der Waals surface area contributed by atoms with E-state index in [1.165, 1.54) is 0 Å². The van der Waals surface area contributed by atoms with Gasteiger partial charge in [0.15, 0.2) is 0 Å². The van der Waals surface area contributed by atoms with E-state index in [9.17, 15) is 0 Å². The van der Waals surface area contributed by atoms with Crippen molar-refractivity contribution in [2.24, 2.45) is 0 Å². The SMILES string of the molecule is CCNC(C)(C)c1nc(C2(OC)CCC2)no1. The van der Waals surface area contributed by atoms with Gasteiger partial charge in [0.1, 0.15) is 5.60 Å². The number of nitrogens with one attached hydrogen (secondary N) is 1. The molecular weight excluding hydrogens is 218 g/mol. The molecule has 5 heteroatoms. The average Bonchev–Trinajstić information content (AvgIpc) is 2.67. The van der Waals surface area contributed by atoms with Gasteiger partial charge in [0.05, 0.1) is 5.54 Å². The first-order chi connectivity index (χ1) is 8.04. The quantitative estimate of drug-likeness (QED) is 0.851. The number of hydrogen-bond acceptors (Lipinski definition) is 5. The Morgan fingerprint density at radius 3 is 2.65 bits per heavy atom. The van der Waals surface area contributed by atoms with E-state index in [0.29, 0.717) is 11.7 Å². The minimum absolute atomic E-state index is 0.293. The molecule has 0 aromatic carbocycles. The molecule has 1 aliphatic carbocycles. The highest BCUT2D eigenvalue weighted by Gasteiger charge is 2.44. The summed E-state index contributed by atoms with van der Waals surface area (Å²) in [5.74, 6) is 1.31. The van der Waals surface area contributed by atoms with Crippen molar-refractivity contribution in [2.45, 2.75) is 51.2 Å². The maximum absolute atomic E-state index is 5.54. The average molecular weight is 239 g/mol. The molecule has 1 saturated carbocycles. The maximum Gasteiger partial charge on any atom is 0.246 e. The van der Waals surface area contributed by atoms with E-state index in [0.717, 1.165) is 25.8 Å². The lowest BCUT2D eigenvalue weighted by Crippen LogP contribution is -2.39. The topological polar surface area (TPSA) is 60.2 Å². The van der Waals surface area contributed by atoms with Crippen LogP contribution in [0, 0.1) is 0 Å². The number of ether oxygens (including phenoxy) is 1. The molecule has 1 aromatic heterocycles.